The monoisotopic (exact) mass is 392 g/mol. The first-order valence-electron chi connectivity index (χ1n) is 10.3. The van der Waals surface area contributed by atoms with Gasteiger partial charge in [0.1, 0.15) is 0 Å². The number of alkyl halides is 1. The third-order valence-electron chi connectivity index (χ3n) is 3.50. The molecule has 0 bridgehead atoms. The third-order valence-corrected chi connectivity index (χ3v) is 3.77. The van der Waals surface area contributed by atoms with Gasteiger partial charge in [-0.05, 0) is 75.2 Å². The van der Waals surface area contributed by atoms with Crippen LogP contribution >= 0.6 is 11.6 Å². The number of hydrogen-bond donors (Lipinski definition) is 0. The number of unbranched alkanes of at least 4 members (excludes halogenated alkanes) is 6. The molecule has 0 amide bonds. The Balaban J connectivity index is 4.88. The van der Waals surface area contributed by atoms with Crippen molar-refractivity contribution in [2.24, 2.45) is 0 Å². The average molecular weight is 393 g/mol. The van der Waals surface area contributed by atoms with Crippen molar-refractivity contribution < 1.29 is 14.2 Å². The molecule has 0 aromatic carbocycles. The summed E-state index contributed by atoms with van der Waals surface area (Å²) in [6.07, 6.45) is 9.07. The van der Waals surface area contributed by atoms with Crippen LogP contribution in [0.1, 0.15) is 114 Å². The highest BCUT2D eigenvalue weighted by Crippen LogP contribution is 2.36. The van der Waals surface area contributed by atoms with Crippen molar-refractivity contribution in [1.82, 2.24) is 0 Å². The minimum absolute atomic E-state index is 0.349. The first-order chi connectivity index (χ1) is 11.7. The standard InChI is InChI=1S/C22H45ClO3/c1-19(2,3)24-22(25-20(4,5)6,26-21(7,8)9)17-15-13-11-10-12-14-16-18-23/h10-18H2,1-9H3. The van der Waals surface area contributed by atoms with Crippen molar-refractivity contribution in [3.05, 3.63) is 0 Å². The Morgan fingerprint density at radius 1 is 0.500 bits per heavy atom. The molecular formula is C22H45ClO3. The second-order valence-corrected chi connectivity index (χ2v) is 10.6. The zero-order chi connectivity index (χ0) is 20.5. The molecule has 0 unspecified atom stereocenters. The van der Waals surface area contributed by atoms with Crippen LogP contribution in [0.15, 0.2) is 0 Å². The second kappa shape index (κ2) is 11.2. The lowest BCUT2D eigenvalue weighted by Crippen LogP contribution is -2.52. The van der Waals surface area contributed by atoms with Gasteiger partial charge in [0.2, 0.25) is 0 Å². The van der Waals surface area contributed by atoms with E-state index in [1.54, 1.807) is 0 Å². The summed E-state index contributed by atoms with van der Waals surface area (Å²) in [5, 5.41) is 0. The highest BCUT2D eigenvalue weighted by atomic mass is 35.5. The molecule has 158 valence electrons. The third kappa shape index (κ3) is 15.2. The molecule has 0 aliphatic carbocycles. The largest absolute Gasteiger partial charge is 0.322 e. The van der Waals surface area contributed by atoms with E-state index in [0.29, 0.717) is 0 Å². The summed E-state index contributed by atoms with van der Waals surface area (Å²) in [5.41, 5.74) is -1.05. The predicted molar refractivity (Wildman–Crippen MR) is 113 cm³/mol. The van der Waals surface area contributed by atoms with Gasteiger partial charge in [0, 0.05) is 12.3 Å². The molecule has 3 nitrogen and oxygen atoms in total. The molecule has 0 spiro atoms. The summed E-state index contributed by atoms with van der Waals surface area (Å²) in [6, 6.07) is 0. The molecular weight excluding hydrogens is 348 g/mol. The summed E-state index contributed by atoms with van der Waals surface area (Å²) in [4.78, 5) is 0. The molecule has 0 aliphatic rings. The average Bonchev–Trinajstić information content (AvgIpc) is 2.35. The second-order valence-electron chi connectivity index (χ2n) is 10.2. The van der Waals surface area contributed by atoms with Crippen molar-refractivity contribution in [3.63, 3.8) is 0 Å². The van der Waals surface area contributed by atoms with Crippen molar-refractivity contribution in [2.45, 2.75) is 136 Å². The number of ether oxygens (including phenoxy) is 3. The fourth-order valence-corrected chi connectivity index (χ4v) is 3.12. The van der Waals surface area contributed by atoms with E-state index in [4.69, 9.17) is 25.8 Å². The molecule has 0 aromatic heterocycles. The van der Waals surface area contributed by atoms with E-state index in [1.807, 2.05) is 0 Å². The van der Waals surface area contributed by atoms with E-state index in [-0.39, 0.29) is 16.8 Å². The molecule has 0 radical (unpaired) electrons. The van der Waals surface area contributed by atoms with Crippen molar-refractivity contribution in [2.75, 3.05) is 5.88 Å². The molecule has 0 atom stereocenters. The van der Waals surface area contributed by atoms with E-state index in [9.17, 15) is 0 Å². The maximum Gasteiger partial charge on any atom is 0.284 e. The Bertz CT molecular complexity index is 320. The first kappa shape index (κ1) is 26.2. The molecule has 0 heterocycles. The first-order valence-corrected chi connectivity index (χ1v) is 10.9. The fraction of sp³-hybridized carbons (Fsp3) is 1.00. The number of rotatable bonds is 12. The molecule has 4 heteroatoms. The lowest BCUT2D eigenvalue weighted by Gasteiger charge is -2.45. The van der Waals surface area contributed by atoms with E-state index >= 15 is 0 Å². The summed E-state index contributed by atoms with van der Waals surface area (Å²) >= 11 is 5.73. The van der Waals surface area contributed by atoms with E-state index in [1.165, 1.54) is 25.7 Å². The normalized spacial score (nSPS) is 14.1. The summed E-state index contributed by atoms with van der Waals surface area (Å²) in [6.45, 7) is 18.5. The maximum absolute atomic E-state index is 6.38. The van der Waals surface area contributed by atoms with Gasteiger partial charge in [0.05, 0.1) is 16.8 Å². The quantitative estimate of drug-likeness (QED) is 0.196. The highest BCUT2D eigenvalue weighted by molar-refractivity contribution is 6.17. The molecule has 0 saturated carbocycles. The number of hydrogen-bond acceptors (Lipinski definition) is 3. The van der Waals surface area contributed by atoms with Gasteiger partial charge in [-0.25, -0.2) is 0 Å². The van der Waals surface area contributed by atoms with Crippen LogP contribution in [0.5, 0.6) is 0 Å². The van der Waals surface area contributed by atoms with Crippen LogP contribution in [0.2, 0.25) is 0 Å². The van der Waals surface area contributed by atoms with Crippen LogP contribution < -0.4 is 0 Å². The molecule has 0 aliphatic heterocycles. The van der Waals surface area contributed by atoms with Gasteiger partial charge >= 0.3 is 0 Å². The van der Waals surface area contributed by atoms with Gasteiger partial charge in [0.25, 0.3) is 5.97 Å². The van der Waals surface area contributed by atoms with Gasteiger partial charge in [0.15, 0.2) is 0 Å². The molecule has 0 aromatic rings. The molecule has 0 rings (SSSR count). The Hall–Kier alpha value is 0.170. The minimum Gasteiger partial charge on any atom is -0.322 e. The zero-order valence-electron chi connectivity index (χ0n) is 19.0. The molecule has 0 N–H and O–H groups in total. The Morgan fingerprint density at radius 2 is 0.808 bits per heavy atom. The van der Waals surface area contributed by atoms with Crippen LogP contribution in [0.25, 0.3) is 0 Å². The fourth-order valence-electron chi connectivity index (χ4n) is 2.93. The van der Waals surface area contributed by atoms with Crippen LogP contribution in [0.4, 0.5) is 0 Å². The summed E-state index contributed by atoms with van der Waals surface area (Å²) < 4.78 is 19.1. The Labute approximate surface area is 168 Å². The van der Waals surface area contributed by atoms with Gasteiger partial charge in [-0.2, -0.15) is 0 Å². The molecule has 0 saturated heterocycles. The van der Waals surface area contributed by atoms with E-state index in [0.717, 1.165) is 31.6 Å². The predicted octanol–water partition coefficient (Wildman–Crippen LogP) is 7.45. The van der Waals surface area contributed by atoms with Gasteiger partial charge in [-0.1, -0.05) is 32.1 Å². The smallest absolute Gasteiger partial charge is 0.284 e. The van der Waals surface area contributed by atoms with E-state index < -0.39 is 5.97 Å². The Morgan fingerprint density at radius 3 is 1.12 bits per heavy atom. The highest BCUT2D eigenvalue weighted by Gasteiger charge is 2.43. The molecule has 26 heavy (non-hydrogen) atoms. The molecule has 0 fully saturated rings. The number of halogens is 1. The van der Waals surface area contributed by atoms with Gasteiger partial charge < -0.3 is 14.2 Å². The maximum atomic E-state index is 6.38. The van der Waals surface area contributed by atoms with Gasteiger partial charge in [-0.3, -0.25) is 0 Å². The van der Waals surface area contributed by atoms with Crippen LogP contribution in [0.3, 0.4) is 0 Å². The summed E-state index contributed by atoms with van der Waals surface area (Å²) in [7, 11) is 0. The lowest BCUT2D eigenvalue weighted by atomic mass is 10.1. The van der Waals surface area contributed by atoms with Crippen molar-refractivity contribution >= 4 is 11.6 Å². The van der Waals surface area contributed by atoms with E-state index in [2.05, 4.69) is 62.3 Å². The lowest BCUT2D eigenvalue weighted by molar-refractivity contribution is -0.449. The topological polar surface area (TPSA) is 27.7 Å². The van der Waals surface area contributed by atoms with Crippen molar-refractivity contribution in [3.8, 4) is 0 Å². The van der Waals surface area contributed by atoms with Crippen LogP contribution in [-0.2, 0) is 14.2 Å². The van der Waals surface area contributed by atoms with Crippen LogP contribution in [-0.4, -0.2) is 28.7 Å². The van der Waals surface area contributed by atoms with Crippen molar-refractivity contribution in [1.29, 1.82) is 0 Å². The Kier molecular flexibility index (Phi) is 11.3. The summed E-state index contributed by atoms with van der Waals surface area (Å²) in [5.74, 6) is -0.242. The van der Waals surface area contributed by atoms with Gasteiger partial charge in [-0.15, -0.1) is 11.6 Å². The minimum atomic E-state index is -1.02. The van der Waals surface area contributed by atoms with Crippen LogP contribution in [0, 0.1) is 0 Å². The SMILES string of the molecule is CC(C)(C)OC(CCCCCCCCCCl)(OC(C)(C)C)OC(C)(C)C. The zero-order valence-corrected chi connectivity index (χ0v) is 19.7.